The highest BCUT2D eigenvalue weighted by atomic mass is 35.5. The minimum absolute atomic E-state index is 0.0282. The maximum absolute atomic E-state index is 12.0. The van der Waals surface area contributed by atoms with Crippen LogP contribution in [0.3, 0.4) is 0 Å². The fourth-order valence-corrected chi connectivity index (χ4v) is 2.39. The lowest BCUT2D eigenvalue weighted by molar-refractivity contribution is -0.115. The van der Waals surface area contributed by atoms with Crippen molar-refractivity contribution in [3.05, 3.63) is 57.6 Å². The smallest absolute Gasteiger partial charge is 0.226 e. The molecule has 5 heteroatoms. The molecule has 0 radical (unpaired) electrons. The van der Waals surface area contributed by atoms with Crippen LogP contribution in [-0.2, 0) is 4.79 Å². The van der Waals surface area contributed by atoms with Gasteiger partial charge in [-0.1, -0.05) is 40.9 Å². The van der Waals surface area contributed by atoms with Crippen LogP contribution in [0.2, 0.25) is 10.0 Å². The molecule has 0 fully saturated rings. The maximum atomic E-state index is 12.0. The largest absolute Gasteiger partial charge is 0.384 e. The van der Waals surface area contributed by atoms with Gasteiger partial charge < -0.3 is 10.6 Å². The number of amides is 1. The van der Waals surface area contributed by atoms with E-state index in [0.29, 0.717) is 23.0 Å². The average molecular weight is 337 g/mol. The highest BCUT2D eigenvalue weighted by Gasteiger charge is 2.05. The van der Waals surface area contributed by atoms with E-state index < -0.39 is 0 Å². The zero-order chi connectivity index (χ0) is 16.1. The molecule has 0 saturated carbocycles. The SMILES string of the molecule is Cc1ccc(NC(=O)CCNc2ccc(Cl)c(Cl)c2)c(C)c1. The van der Waals surface area contributed by atoms with Crippen LogP contribution in [0.5, 0.6) is 0 Å². The van der Waals surface area contributed by atoms with E-state index in [1.165, 1.54) is 5.56 Å². The molecule has 0 aromatic heterocycles. The Morgan fingerprint density at radius 2 is 1.82 bits per heavy atom. The summed E-state index contributed by atoms with van der Waals surface area (Å²) in [5.41, 5.74) is 3.93. The number of rotatable bonds is 5. The van der Waals surface area contributed by atoms with Gasteiger partial charge in [0.2, 0.25) is 5.91 Å². The number of halogens is 2. The van der Waals surface area contributed by atoms with Gasteiger partial charge in [-0.2, -0.15) is 0 Å². The summed E-state index contributed by atoms with van der Waals surface area (Å²) in [4.78, 5) is 12.0. The molecule has 0 saturated heterocycles. The normalized spacial score (nSPS) is 10.4. The number of aryl methyl sites for hydroxylation is 2. The molecule has 2 aromatic rings. The van der Waals surface area contributed by atoms with E-state index in [1.54, 1.807) is 12.1 Å². The summed E-state index contributed by atoms with van der Waals surface area (Å²) in [5, 5.41) is 7.07. The van der Waals surface area contributed by atoms with Crippen molar-refractivity contribution in [2.24, 2.45) is 0 Å². The van der Waals surface area contributed by atoms with Crippen molar-refractivity contribution in [1.82, 2.24) is 0 Å². The molecule has 0 heterocycles. The molecule has 3 nitrogen and oxygen atoms in total. The van der Waals surface area contributed by atoms with Gasteiger partial charge in [0.15, 0.2) is 0 Å². The van der Waals surface area contributed by atoms with E-state index in [9.17, 15) is 4.79 Å². The van der Waals surface area contributed by atoms with E-state index in [0.717, 1.165) is 16.9 Å². The molecule has 22 heavy (non-hydrogen) atoms. The van der Waals surface area contributed by atoms with Crippen molar-refractivity contribution < 1.29 is 4.79 Å². The number of hydrogen-bond acceptors (Lipinski definition) is 2. The molecule has 0 bridgehead atoms. The lowest BCUT2D eigenvalue weighted by Crippen LogP contribution is -2.16. The zero-order valence-corrected chi connectivity index (χ0v) is 14.1. The summed E-state index contributed by atoms with van der Waals surface area (Å²) in [6.07, 6.45) is 0.369. The van der Waals surface area contributed by atoms with Crippen molar-refractivity contribution in [1.29, 1.82) is 0 Å². The van der Waals surface area contributed by atoms with Gasteiger partial charge in [-0.15, -0.1) is 0 Å². The molecule has 116 valence electrons. The Kier molecular flexibility index (Phi) is 5.69. The Morgan fingerprint density at radius 1 is 1.05 bits per heavy atom. The number of carbonyl (C=O) groups excluding carboxylic acids is 1. The van der Waals surface area contributed by atoms with Crippen LogP contribution < -0.4 is 10.6 Å². The quantitative estimate of drug-likeness (QED) is 0.801. The molecular formula is C17H18Cl2N2O. The fraction of sp³-hybridized carbons (Fsp3) is 0.235. The third-order valence-corrected chi connectivity index (χ3v) is 4.00. The van der Waals surface area contributed by atoms with Crippen molar-refractivity contribution in [2.45, 2.75) is 20.3 Å². The summed E-state index contributed by atoms with van der Waals surface area (Å²) < 4.78 is 0. The summed E-state index contributed by atoms with van der Waals surface area (Å²) in [6, 6.07) is 11.2. The predicted molar refractivity (Wildman–Crippen MR) is 94.1 cm³/mol. The summed E-state index contributed by atoms with van der Waals surface area (Å²) in [6.45, 7) is 4.53. The van der Waals surface area contributed by atoms with Crippen molar-refractivity contribution in [3.8, 4) is 0 Å². The van der Waals surface area contributed by atoms with Crippen molar-refractivity contribution in [2.75, 3.05) is 17.2 Å². The van der Waals surface area contributed by atoms with Crippen LogP contribution in [0.25, 0.3) is 0 Å². The number of nitrogens with one attached hydrogen (secondary N) is 2. The Bertz CT molecular complexity index is 686. The van der Waals surface area contributed by atoms with Gasteiger partial charge in [0.1, 0.15) is 0 Å². The average Bonchev–Trinajstić information content (AvgIpc) is 2.46. The first kappa shape index (κ1) is 16.7. The predicted octanol–water partition coefficient (Wildman–Crippen LogP) is 5.05. The van der Waals surface area contributed by atoms with Crippen LogP contribution >= 0.6 is 23.2 Å². The van der Waals surface area contributed by atoms with Crippen molar-refractivity contribution in [3.63, 3.8) is 0 Å². The van der Waals surface area contributed by atoms with Gasteiger partial charge >= 0.3 is 0 Å². The van der Waals surface area contributed by atoms with Gasteiger partial charge in [0, 0.05) is 24.3 Å². The molecule has 0 aliphatic carbocycles. The van der Waals surface area contributed by atoms with Crippen LogP contribution in [0.15, 0.2) is 36.4 Å². The zero-order valence-electron chi connectivity index (χ0n) is 12.5. The molecule has 2 aromatic carbocycles. The standard InChI is InChI=1S/C17H18Cl2N2O/c1-11-3-6-16(12(2)9-11)21-17(22)7-8-20-13-4-5-14(18)15(19)10-13/h3-6,9-10,20H,7-8H2,1-2H3,(H,21,22). The third kappa shape index (κ3) is 4.65. The molecule has 1 amide bonds. The van der Waals surface area contributed by atoms with E-state index in [-0.39, 0.29) is 5.91 Å². The first-order valence-corrected chi connectivity index (χ1v) is 7.77. The van der Waals surface area contributed by atoms with E-state index in [4.69, 9.17) is 23.2 Å². The molecule has 0 spiro atoms. The summed E-state index contributed by atoms with van der Waals surface area (Å²) in [7, 11) is 0. The van der Waals surface area contributed by atoms with Crippen LogP contribution in [0, 0.1) is 13.8 Å². The highest BCUT2D eigenvalue weighted by molar-refractivity contribution is 6.42. The molecule has 0 aliphatic rings. The Balaban J connectivity index is 1.83. The minimum atomic E-state index is -0.0282. The molecule has 0 unspecified atom stereocenters. The highest BCUT2D eigenvalue weighted by Crippen LogP contribution is 2.25. The Hall–Kier alpha value is -1.71. The summed E-state index contributed by atoms with van der Waals surface area (Å²) >= 11 is 11.8. The van der Waals surface area contributed by atoms with Crippen LogP contribution in [0.4, 0.5) is 11.4 Å². The van der Waals surface area contributed by atoms with Gasteiger partial charge in [-0.25, -0.2) is 0 Å². The molecular weight excluding hydrogens is 319 g/mol. The summed E-state index contributed by atoms with van der Waals surface area (Å²) in [5.74, 6) is -0.0282. The first-order valence-electron chi connectivity index (χ1n) is 7.02. The number of hydrogen-bond donors (Lipinski definition) is 2. The van der Waals surface area contributed by atoms with E-state index in [1.807, 2.05) is 38.1 Å². The number of carbonyl (C=O) groups is 1. The second-order valence-corrected chi connectivity index (χ2v) is 5.99. The monoisotopic (exact) mass is 336 g/mol. The van der Waals surface area contributed by atoms with Gasteiger partial charge in [-0.05, 0) is 43.7 Å². The van der Waals surface area contributed by atoms with E-state index >= 15 is 0 Å². The Labute approximate surface area is 140 Å². The first-order chi connectivity index (χ1) is 10.5. The lowest BCUT2D eigenvalue weighted by Gasteiger charge is -2.10. The third-order valence-electron chi connectivity index (χ3n) is 3.26. The molecule has 2 N–H and O–H groups in total. The molecule has 2 rings (SSSR count). The lowest BCUT2D eigenvalue weighted by atomic mass is 10.1. The number of anilines is 2. The molecule has 0 atom stereocenters. The maximum Gasteiger partial charge on any atom is 0.226 e. The van der Waals surface area contributed by atoms with Crippen LogP contribution in [0.1, 0.15) is 17.5 Å². The molecule has 0 aliphatic heterocycles. The van der Waals surface area contributed by atoms with Gasteiger partial charge in [0.25, 0.3) is 0 Å². The number of benzene rings is 2. The topological polar surface area (TPSA) is 41.1 Å². The second-order valence-electron chi connectivity index (χ2n) is 5.17. The fourth-order valence-electron chi connectivity index (χ4n) is 2.09. The van der Waals surface area contributed by atoms with Gasteiger partial charge in [0.05, 0.1) is 10.0 Å². The second kappa shape index (κ2) is 7.52. The van der Waals surface area contributed by atoms with Crippen molar-refractivity contribution >= 4 is 40.5 Å². The van der Waals surface area contributed by atoms with E-state index in [2.05, 4.69) is 10.6 Å². The van der Waals surface area contributed by atoms with Crippen LogP contribution in [-0.4, -0.2) is 12.5 Å². The van der Waals surface area contributed by atoms with Gasteiger partial charge in [-0.3, -0.25) is 4.79 Å². The Morgan fingerprint density at radius 3 is 2.50 bits per heavy atom. The minimum Gasteiger partial charge on any atom is -0.384 e.